The fourth-order valence-corrected chi connectivity index (χ4v) is 5.50. The Balaban J connectivity index is 1.91. The monoisotopic (exact) mass is 440 g/mol. The van der Waals surface area contributed by atoms with Crippen LogP contribution >= 0.6 is 0 Å². The molecule has 0 spiro atoms. The number of hydrogen-bond donors (Lipinski definition) is 2. The predicted octanol–water partition coefficient (Wildman–Crippen LogP) is 3.25. The minimum atomic E-state index is -0.600. The molecule has 8 nitrogen and oxygen atoms in total. The van der Waals surface area contributed by atoms with Crippen molar-refractivity contribution in [1.29, 1.82) is 10.5 Å². The molecule has 0 unspecified atom stereocenters. The van der Waals surface area contributed by atoms with Gasteiger partial charge in [0.15, 0.2) is 0 Å². The van der Waals surface area contributed by atoms with Crippen molar-refractivity contribution in [3.05, 3.63) is 69.8 Å². The Hall–Kier alpha value is -5.34. The highest BCUT2D eigenvalue weighted by Gasteiger charge is 2.33. The van der Waals surface area contributed by atoms with Gasteiger partial charge in [0.25, 0.3) is 23.6 Å². The average Bonchev–Trinajstić information content (AvgIpc) is 2.84. The molecule has 2 aliphatic rings. The summed E-state index contributed by atoms with van der Waals surface area (Å²) in [4.78, 5) is 50.5. The lowest BCUT2D eigenvalue weighted by Crippen LogP contribution is -2.35. The lowest BCUT2D eigenvalue weighted by molar-refractivity contribution is 0.0828. The highest BCUT2D eigenvalue weighted by Crippen LogP contribution is 2.47. The molecule has 0 fully saturated rings. The number of benzene rings is 5. The van der Waals surface area contributed by atoms with E-state index in [1.54, 1.807) is 24.3 Å². The average molecular weight is 440 g/mol. The molecule has 2 heterocycles. The lowest BCUT2D eigenvalue weighted by atomic mass is 9.80. The molecule has 2 N–H and O–H groups in total. The van der Waals surface area contributed by atoms with Crippen LogP contribution in [0.1, 0.15) is 52.6 Å². The Morgan fingerprint density at radius 2 is 0.882 bits per heavy atom. The molecule has 5 aromatic rings. The van der Waals surface area contributed by atoms with Gasteiger partial charge in [-0.1, -0.05) is 12.1 Å². The molecular formula is C26H8N4O4. The maximum absolute atomic E-state index is 12.7. The maximum atomic E-state index is 12.7. The Morgan fingerprint density at radius 3 is 1.26 bits per heavy atom. The second-order valence-corrected chi connectivity index (χ2v) is 8.30. The molecule has 5 aromatic carbocycles. The summed E-state index contributed by atoms with van der Waals surface area (Å²) in [7, 11) is 0. The van der Waals surface area contributed by atoms with Crippen molar-refractivity contribution >= 4 is 66.7 Å². The summed E-state index contributed by atoms with van der Waals surface area (Å²) in [5, 5.41) is 28.6. The first-order valence-corrected chi connectivity index (χ1v) is 10.2. The van der Waals surface area contributed by atoms with Crippen LogP contribution in [-0.4, -0.2) is 23.6 Å². The molecule has 2 aliphatic heterocycles. The first-order valence-electron chi connectivity index (χ1n) is 10.2. The van der Waals surface area contributed by atoms with Crippen LogP contribution in [0.4, 0.5) is 0 Å². The number of rotatable bonds is 0. The summed E-state index contributed by atoms with van der Waals surface area (Å²) in [5.41, 5.74) is 1.41. The molecule has 0 aliphatic carbocycles. The van der Waals surface area contributed by atoms with Crippen molar-refractivity contribution < 1.29 is 19.2 Å². The highest BCUT2D eigenvalue weighted by molar-refractivity contribution is 6.42. The smallest absolute Gasteiger partial charge is 0.258 e. The van der Waals surface area contributed by atoms with E-state index in [4.69, 9.17) is 0 Å². The Bertz CT molecular complexity index is 1860. The van der Waals surface area contributed by atoms with Crippen molar-refractivity contribution in [2.24, 2.45) is 0 Å². The maximum Gasteiger partial charge on any atom is 0.258 e. The third-order valence-electron chi connectivity index (χ3n) is 6.78. The Morgan fingerprint density at radius 1 is 0.500 bits per heavy atom. The molecule has 0 radical (unpaired) electrons. The third-order valence-corrected chi connectivity index (χ3v) is 6.78. The highest BCUT2D eigenvalue weighted by atomic mass is 16.2. The molecule has 4 amide bonds. The summed E-state index contributed by atoms with van der Waals surface area (Å²) < 4.78 is 0. The van der Waals surface area contributed by atoms with Crippen LogP contribution in [0.2, 0.25) is 0 Å². The largest absolute Gasteiger partial charge is 0.288 e. The van der Waals surface area contributed by atoms with Gasteiger partial charge in [0.05, 0.1) is 23.3 Å². The Kier molecular flexibility index (Phi) is 3.07. The van der Waals surface area contributed by atoms with Crippen LogP contribution in [0.5, 0.6) is 0 Å². The molecule has 0 saturated carbocycles. The van der Waals surface area contributed by atoms with Crippen LogP contribution in [-0.2, 0) is 0 Å². The van der Waals surface area contributed by atoms with E-state index >= 15 is 0 Å². The van der Waals surface area contributed by atoms with Gasteiger partial charge >= 0.3 is 0 Å². The van der Waals surface area contributed by atoms with Gasteiger partial charge in [-0.15, -0.1) is 0 Å². The molecule has 0 aromatic heterocycles. The van der Waals surface area contributed by atoms with Crippen LogP contribution < -0.4 is 10.6 Å². The van der Waals surface area contributed by atoms with E-state index < -0.39 is 23.6 Å². The van der Waals surface area contributed by atoms with Crippen LogP contribution in [0.15, 0.2) is 36.4 Å². The molecule has 0 saturated heterocycles. The zero-order chi connectivity index (χ0) is 23.5. The van der Waals surface area contributed by atoms with Crippen molar-refractivity contribution in [3.8, 4) is 12.1 Å². The van der Waals surface area contributed by atoms with Gasteiger partial charge in [-0.2, -0.15) is 10.5 Å². The summed E-state index contributed by atoms with van der Waals surface area (Å²) >= 11 is 0. The number of hydrogen-bond acceptors (Lipinski definition) is 6. The van der Waals surface area contributed by atoms with Crippen LogP contribution in [0, 0.1) is 22.7 Å². The number of amides is 4. The molecule has 0 bridgehead atoms. The quantitative estimate of drug-likeness (QED) is 0.215. The first kappa shape index (κ1) is 18.3. The molecule has 34 heavy (non-hydrogen) atoms. The van der Waals surface area contributed by atoms with Crippen LogP contribution in [0.3, 0.4) is 0 Å². The van der Waals surface area contributed by atoms with E-state index in [0.717, 1.165) is 0 Å². The number of imide groups is 2. The zero-order valence-corrected chi connectivity index (χ0v) is 17.0. The van der Waals surface area contributed by atoms with Gasteiger partial charge in [0.1, 0.15) is 0 Å². The van der Waals surface area contributed by atoms with Gasteiger partial charge in [-0.05, 0) is 35.0 Å². The summed E-state index contributed by atoms with van der Waals surface area (Å²) in [5.74, 6) is -2.29. The first-order chi connectivity index (χ1) is 16.4. The molecular weight excluding hydrogens is 432 g/mol. The molecule has 0 atom stereocenters. The van der Waals surface area contributed by atoms with E-state index in [9.17, 15) is 29.7 Å². The zero-order valence-electron chi connectivity index (χ0n) is 17.0. The van der Waals surface area contributed by atoms with Crippen molar-refractivity contribution in [2.75, 3.05) is 0 Å². The topological polar surface area (TPSA) is 140 Å². The van der Waals surface area contributed by atoms with Gasteiger partial charge in [0, 0.05) is 54.6 Å². The van der Waals surface area contributed by atoms with Crippen molar-refractivity contribution in [2.45, 2.75) is 0 Å². The summed E-state index contributed by atoms with van der Waals surface area (Å²) in [6, 6.07) is 13.7. The van der Waals surface area contributed by atoms with E-state index in [1.807, 2.05) is 0 Å². The van der Waals surface area contributed by atoms with Gasteiger partial charge in [0.2, 0.25) is 0 Å². The van der Waals surface area contributed by atoms with E-state index in [0.29, 0.717) is 54.2 Å². The van der Waals surface area contributed by atoms with Gasteiger partial charge in [-0.25, -0.2) is 0 Å². The predicted molar refractivity (Wildman–Crippen MR) is 121 cm³/mol. The normalized spacial score (nSPS) is 14.5. The standard InChI is InChI=1S/C26H8N4O4/c27-7-9-5-16-20-14(24(32)30-26(16)34)4-2-12-18-10(8-28)6-15-19-13(23(31)29-25(15)33)3-1-11(21(18)19)17(9)22(12)20/h1-6H,(H,29,31,33)(H,30,32,34). The summed E-state index contributed by atoms with van der Waals surface area (Å²) in [6.45, 7) is 0. The number of carbonyl (C=O) groups excluding carboxylic acids is 4. The van der Waals surface area contributed by atoms with E-state index in [-0.39, 0.29) is 22.3 Å². The SMILES string of the molecule is N#Cc1cc2c3c(ccc4c5c(C#N)cc6c7c(ccc(c1c34)c75)C(=O)NC6=O)C(=O)NC2=O. The molecule has 156 valence electrons. The number of carbonyl (C=O) groups is 4. The fourth-order valence-electron chi connectivity index (χ4n) is 5.50. The van der Waals surface area contributed by atoms with Crippen molar-refractivity contribution in [1.82, 2.24) is 10.6 Å². The lowest BCUT2D eigenvalue weighted by Gasteiger charge is -2.24. The van der Waals surface area contributed by atoms with Gasteiger partial charge in [-0.3, -0.25) is 29.8 Å². The minimum absolute atomic E-state index is 0.203. The summed E-state index contributed by atoms with van der Waals surface area (Å²) in [6.07, 6.45) is 0. The van der Waals surface area contributed by atoms with Gasteiger partial charge < -0.3 is 0 Å². The molecule has 7 rings (SSSR count). The van der Waals surface area contributed by atoms with Crippen LogP contribution in [0.25, 0.3) is 43.1 Å². The van der Waals surface area contributed by atoms with E-state index in [1.165, 1.54) is 12.1 Å². The number of nitrogens with one attached hydrogen (secondary N) is 2. The fraction of sp³-hybridized carbons (Fsp3) is 0. The second-order valence-electron chi connectivity index (χ2n) is 8.30. The number of nitrogens with zero attached hydrogens (tertiary/aromatic N) is 2. The molecule has 8 heteroatoms. The third kappa shape index (κ3) is 1.88. The van der Waals surface area contributed by atoms with E-state index in [2.05, 4.69) is 22.8 Å². The minimum Gasteiger partial charge on any atom is -0.288 e. The van der Waals surface area contributed by atoms with Crippen molar-refractivity contribution in [3.63, 3.8) is 0 Å². The Labute approximate surface area is 189 Å². The number of fused-ring (bicyclic) bond motifs is 2. The number of nitriles is 2. The second kappa shape index (κ2) is 5.71.